The summed E-state index contributed by atoms with van der Waals surface area (Å²) in [5.41, 5.74) is 3.26. The van der Waals surface area contributed by atoms with Gasteiger partial charge in [-0.3, -0.25) is 0 Å². The number of hydrogen-bond acceptors (Lipinski definition) is 3. The molecule has 106 valence electrons. The number of anilines is 1. The van der Waals surface area contributed by atoms with Crippen molar-refractivity contribution in [1.82, 2.24) is 0 Å². The van der Waals surface area contributed by atoms with Gasteiger partial charge in [0.2, 0.25) is 0 Å². The van der Waals surface area contributed by atoms with Crippen LogP contribution >= 0.6 is 0 Å². The normalized spacial score (nSPS) is 11.9. The molecule has 0 amide bonds. The first-order chi connectivity index (χ1) is 9.80. The second kappa shape index (κ2) is 6.96. The van der Waals surface area contributed by atoms with Gasteiger partial charge in [0.25, 0.3) is 0 Å². The molecule has 1 unspecified atom stereocenters. The summed E-state index contributed by atoms with van der Waals surface area (Å²) in [6.45, 7) is 2.16. The molecule has 1 atom stereocenters. The van der Waals surface area contributed by atoms with Gasteiger partial charge >= 0.3 is 0 Å². The van der Waals surface area contributed by atoms with Crippen molar-refractivity contribution in [1.29, 1.82) is 0 Å². The number of aryl methyl sites for hydroxylation is 1. The quantitative estimate of drug-likeness (QED) is 0.846. The molecule has 0 bridgehead atoms. The number of hydrogen-bond donors (Lipinski definition) is 2. The van der Waals surface area contributed by atoms with Crippen molar-refractivity contribution in [2.75, 3.05) is 19.0 Å². The third-order valence-corrected chi connectivity index (χ3v) is 3.43. The molecule has 0 radical (unpaired) electrons. The Bertz CT molecular complexity index is 554. The van der Waals surface area contributed by atoms with E-state index >= 15 is 0 Å². The van der Waals surface area contributed by atoms with Gasteiger partial charge in [0.15, 0.2) is 0 Å². The van der Waals surface area contributed by atoms with Gasteiger partial charge in [-0.25, -0.2) is 0 Å². The Morgan fingerprint density at radius 1 is 1.10 bits per heavy atom. The number of rotatable bonds is 6. The van der Waals surface area contributed by atoms with Crippen LogP contribution in [0, 0.1) is 0 Å². The van der Waals surface area contributed by atoms with Gasteiger partial charge in [0.1, 0.15) is 5.75 Å². The van der Waals surface area contributed by atoms with Gasteiger partial charge in [0, 0.05) is 0 Å². The Kier molecular flexibility index (Phi) is 5.02. The molecule has 3 nitrogen and oxygen atoms in total. The van der Waals surface area contributed by atoms with Crippen LogP contribution in [0.2, 0.25) is 0 Å². The Morgan fingerprint density at radius 2 is 1.80 bits per heavy atom. The summed E-state index contributed by atoms with van der Waals surface area (Å²) in [5, 5.41) is 13.1. The molecular formula is C17H21NO2. The fraction of sp³-hybridized carbons (Fsp3) is 0.294. The molecule has 0 aliphatic carbocycles. The summed E-state index contributed by atoms with van der Waals surface area (Å²) in [7, 11) is 1.65. The third kappa shape index (κ3) is 3.11. The zero-order chi connectivity index (χ0) is 14.4. The summed E-state index contributed by atoms with van der Waals surface area (Å²) in [6, 6.07) is 15.8. The Hall–Kier alpha value is -2.00. The van der Waals surface area contributed by atoms with Crippen molar-refractivity contribution in [3.63, 3.8) is 0 Å². The van der Waals surface area contributed by atoms with E-state index in [9.17, 15) is 5.11 Å². The minimum absolute atomic E-state index is 0.0368. The van der Waals surface area contributed by atoms with E-state index in [-0.39, 0.29) is 12.6 Å². The van der Waals surface area contributed by atoms with E-state index in [0.717, 1.165) is 23.4 Å². The molecule has 2 rings (SSSR count). The SMILES string of the molecule is CCc1ccccc1C(CO)Nc1ccccc1OC. The van der Waals surface area contributed by atoms with Crippen molar-refractivity contribution >= 4 is 5.69 Å². The van der Waals surface area contributed by atoms with Gasteiger partial charge in [0.05, 0.1) is 25.4 Å². The summed E-state index contributed by atoms with van der Waals surface area (Å²) < 4.78 is 5.34. The van der Waals surface area contributed by atoms with Gasteiger partial charge in [-0.05, 0) is 29.7 Å². The molecule has 0 heterocycles. The minimum atomic E-state index is -0.137. The molecule has 0 spiro atoms. The smallest absolute Gasteiger partial charge is 0.141 e. The number of para-hydroxylation sites is 2. The van der Waals surface area contributed by atoms with Crippen LogP contribution in [-0.4, -0.2) is 18.8 Å². The van der Waals surface area contributed by atoms with Crippen LogP contribution < -0.4 is 10.1 Å². The van der Waals surface area contributed by atoms with Crippen LogP contribution in [0.25, 0.3) is 0 Å². The first-order valence-electron chi connectivity index (χ1n) is 6.88. The van der Waals surface area contributed by atoms with Crippen LogP contribution in [0.15, 0.2) is 48.5 Å². The lowest BCUT2D eigenvalue weighted by Gasteiger charge is -2.22. The van der Waals surface area contributed by atoms with Crippen LogP contribution in [0.1, 0.15) is 24.1 Å². The first-order valence-corrected chi connectivity index (χ1v) is 6.88. The van der Waals surface area contributed by atoms with Crippen molar-refractivity contribution in [3.8, 4) is 5.75 Å². The van der Waals surface area contributed by atoms with E-state index in [1.807, 2.05) is 36.4 Å². The second-order valence-corrected chi connectivity index (χ2v) is 4.63. The molecule has 0 saturated carbocycles. The van der Waals surface area contributed by atoms with E-state index in [1.165, 1.54) is 5.56 Å². The van der Waals surface area contributed by atoms with Crippen LogP contribution in [0.5, 0.6) is 5.75 Å². The van der Waals surface area contributed by atoms with Crippen molar-refractivity contribution in [2.24, 2.45) is 0 Å². The Labute approximate surface area is 120 Å². The molecule has 2 aromatic rings. The molecule has 2 N–H and O–H groups in total. The summed E-state index contributed by atoms with van der Waals surface area (Å²) >= 11 is 0. The van der Waals surface area contributed by atoms with E-state index in [2.05, 4.69) is 24.4 Å². The molecule has 20 heavy (non-hydrogen) atoms. The number of ether oxygens (including phenoxy) is 1. The van der Waals surface area contributed by atoms with E-state index in [4.69, 9.17) is 4.74 Å². The van der Waals surface area contributed by atoms with Crippen molar-refractivity contribution in [3.05, 3.63) is 59.7 Å². The highest BCUT2D eigenvalue weighted by molar-refractivity contribution is 5.57. The maximum absolute atomic E-state index is 9.72. The molecule has 0 aromatic heterocycles. The highest BCUT2D eigenvalue weighted by Gasteiger charge is 2.14. The molecule has 2 aromatic carbocycles. The molecule has 0 aliphatic heterocycles. The fourth-order valence-electron chi connectivity index (χ4n) is 2.37. The van der Waals surface area contributed by atoms with Crippen molar-refractivity contribution < 1.29 is 9.84 Å². The fourth-order valence-corrected chi connectivity index (χ4v) is 2.37. The standard InChI is InChI=1S/C17H21NO2/c1-3-13-8-4-5-9-14(13)16(12-19)18-15-10-6-7-11-17(15)20-2/h4-11,16,18-19H,3,12H2,1-2H3. The maximum atomic E-state index is 9.72. The molecular weight excluding hydrogens is 250 g/mol. The zero-order valence-electron chi connectivity index (χ0n) is 12.0. The number of aliphatic hydroxyl groups is 1. The number of benzene rings is 2. The largest absolute Gasteiger partial charge is 0.495 e. The highest BCUT2D eigenvalue weighted by Crippen LogP contribution is 2.29. The number of methoxy groups -OCH3 is 1. The maximum Gasteiger partial charge on any atom is 0.141 e. The number of aliphatic hydroxyl groups excluding tert-OH is 1. The van der Waals surface area contributed by atoms with Gasteiger partial charge in [-0.2, -0.15) is 0 Å². The second-order valence-electron chi connectivity index (χ2n) is 4.63. The monoisotopic (exact) mass is 271 g/mol. The highest BCUT2D eigenvalue weighted by atomic mass is 16.5. The topological polar surface area (TPSA) is 41.5 Å². The number of nitrogens with one attached hydrogen (secondary N) is 1. The lowest BCUT2D eigenvalue weighted by atomic mass is 9.98. The summed E-state index contributed by atoms with van der Waals surface area (Å²) in [6.07, 6.45) is 0.945. The molecule has 3 heteroatoms. The zero-order valence-corrected chi connectivity index (χ0v) is 12.0. The summed E-state index contributed by atoms with van der Waals surface area (Å²) in [5.74, 6) is 0.778. The van der Waals surface area contributed by atoms with Gasteiger partial charge in [-0.1, -0.05) is 43.3 Å². The molecule has 0 fully saturated rings. The van der Waals surface area contributed by atoms with Crippen LogP contribution in [0.4, 0.5) is 5.69 Å². The lowest BCUT2D eigenvalue weighted by molar-refractivity contribution is 0.275. The predicted molar refractivity (Wildman–Crippen MR) is 82.3 cm³/mol. The van der Waals surface area contributed by atoms with Crippen LogP contribution in [0.3, 0.4) is 0 Å². The first kappa shape index (κ1) is 14.4. The van der Waals surface area contributed by atoms with Gasteiger partial charge in [-0.15, -0.1) is 0 Å². The Morgan fingerprint density at radius 3 is 2.50 bits per heavy atom. The molecule has 0 saturated heterocycles. The van der Waals surface area contributed by atoms with Crippen molar-refractivity contribution in [2.45, 2.75) is 19.4 Å². The Balaban J connectivity index is 2.29. The summed E-state index contributed by atoms with van der Waals surface area (Å²) in [4.78, 5) is 0. The minimum Gasteiger partial charge on any atom is -0.495 e. The van der Waals surface area contributed by atoms with Crippen LogP contribution in [-0.2, 0) is 6.42 Å². The predicted octanol–water partition coefficient (Wildman–Crippen LogP) is 3.40. The lowest BCUT2D eigenvalue weighted by Crippen LogP contribution is -2.17. The van der Waals surface area contributed by atoms with E-state index in [0.29, 0.717) is 0 Å². The van der Waals surface area contributed by atoms with Gasteiger partial charge < -0.3 is 15.2 Å². The average molecular weight is 271 g/mol. The average Bonchev–Trinajstić information content (AvgIpc) is 2.53. The van der Waals surface area contributed by atoms with E-state index < -0.39 is 0 Å². The third-order valence-electron chi connectivity index (χ3n) is 3.43. The molecule has 0 aliphatic rings. The van der Waals surface area contributed by atoms with E-state index in [1.54, 1.807) is 7.11 Å².